The molecule has 0 radical (unpaired) electrons. The fourth-order valence-electron chi connectivity index (χ4n) is 1.95. The molecule has 150 valence electrons. The summed E-state index contributed by atoms with van der Waals surface area (Å²) in [5, 5.41) is 6.07. The van der Waals surface area contributed by atoms with E-state index in [0.29, 0.717) is 52.3 Å². The lowest BCUT2D eigenvalue weighted by Crippen LogP contribution is -2.27. The summed E-state index contributed by atoms with van der Waals surface area (Å²) < 4.78 is 21.8. The molecular weight excluding hydrogens is 324 g/mol. The highest BCUT2D eigenvalue weighted by atomic mass is 16.6. The number of amides is 1. The van der Waals surface area contributed by atoms with Crippen molar-refractivity contribution in [3.63, 3.8) is 0 Å². The Labute approximate surface area is 153 Å². The first-order chi connectivity index (χ1) is 12.1. The molecule has 7 nitrogen and oxygen atoms in total. The van der Waals surface area contributed by atoms with Crippen LogP contribution in [0.5, 0.6) is 0 Å². The molecular formula is C18H38N2O5. The van der Waals surface area contributed by atoms with Crippen molar-refractivity contribution in [2.75, 3.05) is 65.9 Å². The number of rotatable bonds is 19. The van der Waals surface area contributed by atoms with Crippen molar-refractivity contribution in [2.45, 2.75) is 46.1 Å². The quantitative estimate of drug-likeness (QED) is 0.338. The Bertz CT molecular complexity index is 291. The number of ether oxygens (including phenoxy) is 4. The molecule has 0 saturated carbocycles. The van der Waals surface area contributed by atoms with Crippen LogP contribution in [0.3, 0.4) is 0 Å². The summed E-state index contributed by atoms with van der Waals surface area (Å²) in [5.41, 5.74) is 0. The molecule has 0 aromatic heterocycles. The molecule has 0 aliphatic carbocycles. The summed E-state index contributed by atoms with van der Waals surface area (Å²) in [6.07, 6.45) is 3.06. The summed E-state index contributed by atoms with van der Waals surface area (Å²) >= 11 is 0. The lowest BCUT2D eigenvalue weighted by atomic mass is 10.2. The van der Waals surface area contributed by atoms with Crippen LogP contribution < -0.4 is 10.6 Å². The maximum atomic E-state index is 10.7. The second-order valence-corrected chi connectivity index (χ2v) is 6.10. The van der Waals surface area contributed by atoms with Gasteiger partial charge >= 0.3 is 0 Å². The average molecular weight is 363 g/mol. The van der Waals surface area contributed by atoms with Crippen molar-refractivity contribution in [2.24, 2.45) is 0 Å². The van der Waals surface area contributed by atoms with Gasteiger partial charge < -0.3 is 29.6 Å². The van der Waals surface area contributed by atoms with E-state index in [-0.39, 0.29) is 5.91 Å². The third-order valence-corrected chi connectivity index (χ3v) is 3.25. The van der Waals surface area contributed by atoms with Crippen molar-refractivity contribution >= 4 is 5.91 Å². The Morgan fingerprint density at radius 1 is 0.720 bits per heavy atom. The van der Waals surface area contributed by atoms with E-state index in [0.717, 1.165) is 39.0 Å². The molecule has 0 rings (SSSR count). The van der Waals surface area contributed by atoms with Crippen molar-refractivity contribution in [3.05, 3.63) is 0 Å². The number of carbonyl (C=O) groups excluding carboxylic acids is 1. The summed E-state index contributed by atoms with van der Waals surface area (Å²) in [6.45, 7) is 12.4. The zero-order chi connectivity index (χ0) is 18.6. The van der Waals surface area contributed by atoms with E-state index >= 15 is 0 Å². The molecule has 0 saturated heterocycles. The van der Waals surface area contributed by atoms with Gasteiger partial charge in [0.1, 0.15) is 0 Å². The summed E-state index contributed by atoms with van der Waals surface area (Å²) in [5.74, 6) is 0.0313. The van der Waals surface area contributed by atoms with Crippen LogP contribution in [-0.2, 0) is 23.7 Å². The van der Waals surface area contributed by atoms with Crippen LogP contribution >= 0.6 is 0 Å². The van der Waals surface area contributed by atoms with Gasteiger partial charge in [0.25, 0.3) is 0 Å². The van der Waals surface area contributed by atoms with Crippen molar-refractivity contribution in [1.29, 1.82) is 0 Å². The van der Waals surface area contributed by atoms with E-state index in [1.807, 2.05) is 0 Å². The molecule has 0 aliphatic heterocycles. The fraction of sp³-hybridized carbons (Fsp3) is 0.944. The predicted octanol–water partition coefficient (Wildman–Crippen LogP) is 1.36. The van der Waals surface area contributed by atoms with Crippen LogP contribution in [0.15, 0.2) is 0 Å². The van der Waals surface area contributed by atoms with Crippen LogP contribution in [0.2, 0.25) is 0 Å². The zero-order valence-electron chi connectivity index (χ0n) is 16.3. The van der Waals surface area contributed by atoms with Crippen molar-refractivity contribution in [1.82, 2.24) is 10.6 Å². The Kier molecular flexibility index (Phi) is 19.0. The number of hydrogen-bond donors (Lipinski definition) is 2. The monoisotopic (exact) mass is 362 g/mol. The molecule has 7 heteroatoms. The summed E-state index contributed by atoms with van der Waals surface area (Å²) in [6, 6.07) is 0.496. The molecule has 0 aromatic carbocycles. The molecule has 0 bridgehead atoms. The van der Waals surface area contributed by atoms with E-state index in [4.69, 9.17) is 18.9 Å². The highest BCUT2D eigenvalue weighted by Crippen LogP contribution is 1.94. The first-order valence-electron chi connectivity index (χ1n) is 9.41. The van der Waals surface area contributed by atoms with Crippen LogP contribution in [0.4, 0.5) is 0 Å². The van der Waals surface area contributed by atoms with E-state index in [1.54, 1.807) is 0 Å². The summed E-state index contributed by atoms with van der Waals surface area (Å²) in [4.78, 5) is 10.7. The smallest absolute Gasteiger partial charge is 0.216 e. The minimum Gasteiger partial charge on any atom is -0.379 e. The molecule has 0 atom stereocenters. The van der Waals surface area contributed by atoms with Crippen molar-refractivity contribution < 1.29 is 23.7 Å². The molecule has 0 fully saturated rings. The van der Waals surface area contributed by atoms with Gasteiger partial charge in [-0.1, -0.05) is 13.8 Å². The van der Waals surface area contributed by atoms with Gasteiger partial charge in [-0.3, -0.25) is 4.79 Å². The molecule has 0 aromatic rings. The van der Waals surface area contributed by atoms with Crippen molar-refractivity contribution in [3.8, 4) is 0 Å². The van der Waals surface area contributed by atoms with E-state index in [1.165, 1.54) is 6.92 Å². The highest BCUT2D eigenvalue weighted by molar-refractivity contribution is 5.72. The van der Waals surface area contributed by atoms with Crippen LogP contribution in [-0.4, -0.2) is 77.9 Å². The van der Waals surface area contributed by atoms with E-state index in [2.05, 4.69) is 24.5 Å². The fourth-order valence-corrected chi connectivity index (χ4v) is 1.95. The molecule has 0 spiro atoms. The number of carbonyl (C=O) groups is 1. The standard InChI is InChI=1S/C18H38N2O5/c1-17(2)19-8-10-23-12-14-25-16-15-24-13-11-22-9-6-4-5-7-20-18(3)21/h17,19H,4-16H2,1-3H3,(H,20,21). The van der Waals surface area contributed by atoms with E-state index in [9.17, 15) is 4.79 Å². The van der Waals surface area contributed by atoms with Gasteiger partial charge in [0.05, 0.1) is 46.2 Å². The normalized spacial score (nSPS) is 11.2. The van der Waals surface area contributed by atoms with Gasteiger partial charge in [-0.15, -0.1) is 0 Å². The Morgan fingerprint density at radius 3 is 1.76 bits per heavy atom. The third-order valence-electron chi connectivity index (χ3n) is 3.25. The molecule has 1 amide bonds. The highest BCUT2D eigenvalue weighted by Gasteiger charge is 1.95. The van der Waals surface area contributed by atoms with Gasteiger partial charge in [0.2, 0.25) is 5.91 Å². The molecule has 2 N–H and O–H groups in total. The molecule has 0 unspecified atom stereocenters. The average Bonchev–Trinajstić information content (AvgIpc) is 2.56. The summed E-state index contributed by atoms with van der Waals surface area (Å²) in [7, 11) is 0. The lowest BCUT2D eigenvalue weighted by molar-refractivity contribution is -0.118. The second kappa shape index (κ2) is 19.6. The minimum atomic E-state index is 0.0313. The number of unbranched alkanes of at least 4 members (excludes halogenated alkanes) is 2. The van der Waals surface area contributed by atoms with Crippen LogP contribution in [0.25, 0.3) is 0 Å². The minimum absolute atomic E-state index is 0.0313. The van der Waals surface area contributed by atoms with Crippen LogP contribution in [0.1, 0.15) is 40.0 Å². The number of hydrogen-bond acceptors (Lipinski definition) is 6. The van der Waals surface area contributed by atoms with Gasteiger partial charge in [0, 0.05) is 32.7 Å². The third kappa shape index (κ3) is 23.3. The lowest BCUT2D eigenvalue weighted by Gasteiger charge is -2.09. The predicted molar refractivity (Wildman–Crippen MR) is 98.9 cm³/mol. The SMILES string of the molecule is CC(=O)NCCCCCOCCOCCOCCOCCNC(C)C. The Morgan fingerprint density at radius 2 is 1.24 bits per heavy atom. The second-order valence-electron chi connectivity index (χ2n) is 6.10. The van der Waals surface area contributed by atoms with Crippen LogP contribution in [0, 0.1) is 0 Å². The van der Waals surface area contributed by atoms with Gasteiger partial charge in [-0.25, -0.2) is 0 Å². The molecule has 0 aliphatic rings. The topological polar surface area (TPSA) is 78.1 Å². The first-order valence-corrected chi connectivity index (χ1v) is 9.41. The molecule has 0 heterocycles. The van der Waals surface area contributed by atoms with Gasteiger partial charge in [0.15, 0.2) is 0 Å². The first kappa shape index (κ1) is 24.3. The maximum Gasteiger partial charge on any atom is 0.216 e. The Balaban J connectivity index is 2.99. The zero-order valence-corrected chi connectivity index (χ0v) is 16.3. The maximum absolute atomic E-state index is 10.7. The Hall–Kier alpha value is -0.730. The van der Waals surface area contributed by atoms with Gasteiger partial charge in [-0.2, -0.15) is 0 Å². The van der Waals surface area contributed by atoms with E-state index < -0.39 is 0 Å². The largest absolute Gasteiger partial charge is 0.379 e. The molecule has 25 heavy (non-hydrogen) atoms. The van der Waals surface area contributed by atoms with Gasteiger partial charge in [-0.05, 0) is 19.3 Å². The number of nitrogens with one attached hydrogen (secondary N) is 2.